The molecule has 0 N–H and O–H groups in total. The molecule has 3 heteroatoms. The minimum absolute atomic E-state index is 0.00917. The van der Waals surface area contributed by atoms with Crippen LogP contribution in [0, 0.1) is 0 Å². The van der Waals surface area contributed by atoms with E-state index in [1.54, 1.807) is 0 Å². The van der Waals surface area contributed by atoms with Crippen molar-refractivity contribution in [2.24, 2.45) is 9.98 Å². The lowest BCUT2D eigenvalue weighted by molar-refractivity contribution is 0.587. The van der Waals surface area contributed by atoms with Crippen molar-refractivity contribution in [1.82, 2.24) is 4.90 Å². The zero-order chi connectivity index (χ0) is 13.8. The quantitative estimate of drug-likeness (QED) is 0.836. The van der Waals surface area contributed by atoms with Gasteiger partial charge in [-0.05, 0) is 11.1 Å². The summed E-state index contributed by atoms with van der Waals surface area (Å²) in [6.07, 6.45) is 1.89. The van der Waals surface area contributed by atoms with Crippen LogP contribution in [0.5, 0.6) is 0 Å². The molecule has 100 valence electrons. The van der Waals surface area contributed by atoms with Gasteiger partial charge in [0.15, 0.2) is 0 Å². The van der Waals surface area contributed by atoms with Gasteiger partial charge in [0.2, 0.25) is 5.96 Å². The molecule has 20 heavy (non-hydrogen) atoms. The summed E-state index contributed by atoms with van der Waals surface area (Å²) in [5, 5.41) is 0. The fraction of sp³-hybridized carbons (Fsp3) is 0.176. The number of nitrogens with zero attached hydrogens (tertiary/aromatic N) is 3. The maximum absolute atomic E-state index is 4.84. The van der Waals surface area contributed by atoms with E-state index in [-0.39, 0.29) is 6.04 Å². The maximum atomic E-state index is 4.84. The number of benzene rings is 2. The van der Waals surface area contributed by atoms with E-state index < -0.39 is 0 Å². The minimum Gasteiger partial charge on any atom is -0.339 e. The molecule has 0 bridgehead atoms. The average Bonchev–Trinajstić information content (AvgIpc) is 2.92. The molecule has 0 spiro atoms. The van der Waals surface area contributed by atoms with Gasteiger partial charge in [0.05, 0.1) is 6.54 Å². The van der Waals surface area contributed by atoms with Gasteiger partial charge in [-0.2, -0.15) is 0 Å². The highest BCUT2D eigenvalue weighted by Crippen LogP contribution is 2.26. The van der Waals surface area contributed by atoms with Gasteiger partial charge in [-0.15, -0.1) is 0 Å². The molecule has 2 aromatic rings. The van der Waals surface area contributed by atoms with E-state index in [4.69, 9.17) is 4.99 Å². The van der Waals surface area contributed by atoms with E-state index in [9.17, 15) is 0 Å². The first kappa shape index (κ1) is 12.6. The third-order valence-corrected chi connectivity index (χ3v) is 3.38. The van der Waals surface area contributed by atoms with Crippen molar-refractivity contribution in [3.8, 4) is 0 Å². The Balaban J connectivity index is 2.03. The molecule has 0 fully saturated rings. The van der Waals surface area contributed by atoms with Crippen molar-refractivity contribution >= 4 is 12.2 Å². The van der Waals surface area contributed by atoms with Gasteiger partial charge in [0.25, 0.3) is 0 Å². The number of guanidine groups is 1. The van der Waals surface area contributed by atoms with E-state index in [2.05, 4.69) is 34.2 Å². The topological polar surface area (TPSA) is 28.0 Å². The SMILES string of the molecule is CN1CC=NC1=NC(c1ccccc1)c1ccccc1. The fourth-order valence-corrected chi connectivity index (χ4v) is 2.28. The van der Waals surface area contributed by atoms with Crippen LogP contribution >= 0.6 is 0 Å². The average molecular weight is 263 g/mol. The van der Waals surface area contributed by atoms with Gasteiger partial charge in [-0.3, -0.25) is 0 Å². The van der Waals surface area contributed by atoms with Crippen LogP contribution in [0.4, 0.5) is 0 Å². The molecule has 0 atom stereocenters. The molecular weight excluding hydrogens is 246 g/mol. The largest absolute Gasteiger partial charge is 0.339 e. The van der Waals surface area contributed by atoms with Gasteiger partial charge < -0.3 is 4.90 Å². The fourth-order valence-electron chi connectivity index (χ4n) is 2.28. The summed E-state index contributed by atoms with van der Waals surface area (Å²) in [5.41, 5.74) is 2.36. The Kier molecular flexibility index (Phi) is 3.59. The summed E-state index contributed by atoms with van der Waals surface area (Å²) in [6, 6.07) is 20.7. The molecule has 0 saturated carbocycles. The first-order chi connectivity index (χ1) is 9.84. The van der Waals surface area contributed by atoms with Crippen molar-refractivity contribution in [3.63, 3.8) is 0 Å². The number of hydrogen-bond acceptors (Lipinski definition) is 1. The van der Waals surface area contributed by atoms with Crippen molar-refractivity contribution in [2.45, 2.75) is 6.04 Å². The van der Waals surface area contributed by atoms with Crippen LogP contribution in [-0.4, -0.2) is 30.7 Å². The normalized spacial score (nSPS) is 16.3. The Labute approximate surface area is 119 Å². The highest BCUT2D eigenvalue weighted by molar-refractivity contribution is 5.94. The Morgan fingerprint density at radius 1 is 0.950 bits per heavy atom. The number of hydrogen-bond donors (Lipinski definition) is 0. The van der Waals surface area contributed by atoms with E-state index in [0.717, 1.165) is 12.5 Å². The van der Waals surface area contributed by atoms with Crippen LogP contribution in [0.2, 0.25) is 0 Å². The Hall–Kier alpha value is -2.42. The van der Waals surface area contributed by atoms with E-state index in [1.807, 2.05) is 49.7 Å². The molecule has 1 aliphatic heterocycles. The molecule has 0 saturated heterocycles. The molecule has 0 amide bonds. The molecule has 1 heterocycles. The molecule has 1 aliphatic rings. The summed E-state index contributed by atoms with van der Waals surface area (Å²) < 4.78 is 0. The molecule has 3 nitrogen and oxygen atoms in total. The van der Waals surface area contributed by atoms with Crippen LogP contribution < -0.4 is 0 Å². The van der Waals surface area contributed by atoms with Crippen LogP contribution in [0.3, 0.4) is 0 Å². The summed E-state index contributed by atoms with van der Waals surface area (Å²) >= 11 is 0. The van der Waals surface area contributed by atoms with Gasteiger partial charge >= 0.3 is 0 Å². The lowest BCUT2D eigenvalue weighted by Gasteiger charge is -2.17. The first-order valence-electron chi connectivity index (χ1n) is 6.76. The Bertz CT molecular complexity index is 578. The van der Waals surface area contributed by atoms with Crippen molar-refractivity contribution in [2.75, 3.05) is 13.6 Å². The predicted octanol–water partition coefficient (Wildman–Crippen LogP) is 3.15. The van der Waals surface area contributed by atoms with Crippen LogP contribution in [0.1, 0.15) is 17.2 Å². The third-order valence-electron chi connectivity index (χ3n) is 3.38. The Morgan fingerprint density at radius 3 is 1.95 bits per heavy atom. The van der Waals surface area contributed by atoms with Gasteiger partial charge in [-0.25, -0.2) is 9.98 Å². The van der Waals surface area contributed by atoms with Gasteiger partial charge in [0, 0.05) is 13.3 Å². The summed E-state index contributed by atoms with van der Waals surface area (Å²) in [7, 11) is 2.01. The second kappa shape index (κ2) is 5.70. The minimum atomic E-state index is -0.00917. The first-order valence-corrected chi connectivity index (χ1v) is 6.76. The van der Waals surface area contributed by atoms with Gasteiger partial charge in [-0.1, -0.05) is 60.7 Å². The number of rotatable bonds is 3. The van der Waals surface area contributed by atoms with Crippen LogP contribution in [0.15, 0.2) is 70.6 Å². The van der Waals surface area contributed by atoms with Crippen molar-refractivity contribution in [1.29, 1.82) is 0 Å². The zero-order valence-corrected chi connectivity index (χ0v) is 11.5. The molecular formula is C17H17N3. The van der Waals surface area contributed by atoms with Crippen molar-refractivity contribution in [3.05, 3.63) is 71.8 Å². The van der Waals surface area contributed by atoms with E-state index in [1.165, 1.54) is 11.1 Å². The monoisotopic (exact) mass is 263 g/mol. The smallest absolute Gasteiger partial charge is 0.221 e. The molecule has 0 radical (unpaired) electrons. The maximum Gasteiger partial charge on any atom is 0.221 e. The Morgan fingerprint density at radius 2 is 1.50 bits per heavy atom. The molecule has 2 aromatic carbocycles. The molecule has 0 aliphatic carbocycles. The predicted molar refractivity (Wildman–Crippen MR) is 83.3 cm³/mol. The van der Waals surface area contributed by atoms with E-state index in [0.29, 0.717) is 0 Å². The van der Waals surface area contributed by atoms with Crippen molar-refractivity contribution < 1.29 is 0 Å². The zero-order valence-electron chi connectivity index (χ0n) is 11.5. The number of aliphatic imine (C=N–C) groups is 2. The third kappa shape index (κ3) is 2.62. The molecule has 0 unspecified atom stereocenters. The van der Waals surface area contributed by atoms with Gasteiger partial charge in [0.1, 0.15) is 6.04 Å². The summed E-state index contributed by atoms with van der Waals surface area (Å²) in [4.78, 5) is 11.3. The highest BCUT2D eigenvalue weighted by Gasteiger charge is 2.16. The molecule has 3 rings (SSSR count). The van der Waals surface area contributed by atoms with Crippen LogP contribution in [0.25, 0.3) is 0 Å². The lowest BCUT2D eigenvalue weighted by atomic mass is 9.99. The lowest BCUT2D eigenvalue weighted by Crippen LogP contribution is -2.21. The second-order valence-corrected chi connectivity index (χ2v) is 4.85. The highest BCUT2D eigenvalue weighted by atomic mass is 15.3. The molecule has 0 aromatic heterocycles. The van der Waals surface area contributed by atoms with Crippen LogP contribution in [-0.2, 0) is 0 Å². The standard InChI is InChI=1S/C17H17N3/c1-20-13-12-18-17(20)19-16(14-8-4-2-5-9-14)15-10-6-3-7-11-15/h2-12,16H,13H2,1H3. The summed E-state index contributed by atoms with van der Waals surface area (Å²) in [5.74, 6) is 0.794. The summed E-state index contributed by atoms with van der Waals surface area (Å²) in [6.45, 7) is 0.829. The second-order valence-electron chi connectivity index (χ2n) is 4.85. The van der Waals surface area contributed by atoms with E-state index >= 15 is 0 Å².